The first kappa shape index (κ1) is 24.1. The molecule has 0 saturated carbocycles. The molecular weight excluding hydrogens is 446 g/mol. The van der Waals surface area contributed by atoms with E-state index in [1.807, 2.05) is 39.0 Å². The van der Waals surface area contributed by atoms with Crippen LogP contribution < -0.4 is 9.47 Å². The molecule has 182 valence electrons. The van der Waals surface area contributed by atoms with Crippen LogP contribution in [0.1, 0.15) is 49.3 Å². The Morgan fingerprint density at radius 2 is 1.71 bits per heavy atom. The van der Waals surface area contributed by atoms with Gasteiger partial charge in [0.05, 0.1) is 32.6 Å². The molecule has 1 aliphatic rings. The molecule has 0 bridgehead atoms. The van der Waals surface area contributed by atoms with Gasteiger partial charge in [0.2, 0.25) is 0 Å². The topological polar surface area (TPSA) is 89.2 Å². The van der Waals surface area contributed by atoms with E-state index in [0.29, 0.717) is 22.8 Å². The van der Waals surface area contributed by atoms with E-state index in [-0.39, 0.29) is 23.3 Å². The maximum Gasteiger partial charge on any atom is 0.296 e. The molecule has 1 saturated heterocycles. The van der Waals surface area contributed by atoms with Gasteiger partial charge in [0.25, 0.3) is 11.7 Å². The molecule has 3 aromatic rings. The Balaban J connectivity index is 1.86. The van der Waals surface area contributed by atoms with Gasteiger partial charge in [0, 0.05) is 16.7 Å². The number of para-hydroxylation sites is 1. The Morgan fingerprint density at radius 1 is 1.00 bits per heavy atom. The van der Waals surface area contributed by atoms with Crippen LogP contribution in [0.3, 0.4) is 0 Å². The number of ketones is 1. The first-order chi connectivity index (χ1) is 16.7. The normalized spacial score (nSPS) is 17.6. The number of carbonyl (C=O) groups excluding carboxylic acids is 2. The number of aliphatic hydroxyl groups excluding tert-OH is 1. The molecule has 0 aliphatic carbocycles. The Labute approximate surface area is 204 Å². The molecule has 4 rings (SSSR count). The van der Waals surface area contributed by atoms with Gasteiger partial charge in [0.15, 0.2) is 0 Å². The summed E-state index contributed by atoms with van der Waals surface area (Å²) >= 11 is 0. The number of hydrogen-bond acceptors (Lipinski definition) is 6. The van der Waals surface area contributed by atoms with Crippen LogP contribution in [0, 0.1) is 0 Å². The molecule has 1 aromatic heterocycles. The molecule has 1 amide bonds. The first-order valence-corrected chi connectivity index (χ1v) is 11.3. The number of furan rings is 1. The third kappa shape index (κ3) is 4.41. The average molecular weight is 476 g/mol. The van der Waals surface area contributed by atoms with Crippen LogP contribution in [0.15, 0.2) is 70.9 Å². The molecule has 2 aromatic carbocycles. The highest BCUT2D eigenvalue weighted by Crippen LogP contribution is 2.42. The minimum atomic E-state index is -0.893. The number of carbonyl (C=O) groups is 2. The van der Waals surface area contributed by atoms with Gasteiger partial charge in [-0.15, -0.1) is 0 Å². The number of aliphatic hydroxyl groups is 1. The zero-order valence-corrected chi connectivity index (χ0v) is 20.5. The number of ether oxygens (including phenoxy) is 2. The summed E-state index contributed by atoms with van der Waals surface area (Å²) in [6.45, 7) is 6.20. The van der Waals surface area contributed by atoms with Crippen molar-refractivity contribution in [2.45, 2.75) is 38.8 Å². The Kier molecular flexibility index (Phi) is 6.43. The largest absolute Gasteiger partial charge is 0.507 e. The van der Waals surface area contributed by atoms with Gasteiger partial charge < -0.3 is 23.9 Å². The maximum absolute atomic E-state index is 13.3. The van der Waals surface area contributed by atoms with Gasteiger partial charge in [-0.25, -0.2) is 0 Å². The standard InChI is InChI=1S/C28H29NO6/c1-28(2,3)19-15-17(12-13-21(19)34-5)25(30)23-24(22-11-8-14-35-22)29(27(32)26(23)31)16-18-9-6-7-10-20(18)33-4/h6-15,24,30H,16H2,1-5H3/b25-23-. The molecule has 0 spiro atoms. The summed E-state index contributed by atoms with van der Waals surface area (Å²) in [4.78, 5) is 27.9. The zero-order chi connectivity index (χ0) is 25.3. The number of Topliss-reactive ketones (excluding diaryl/α,β-unsaturated/α-hetero) is 1. The second-order valence-electron chi connectivity index (χ2n) is 9.42. The molecule has 1 unspecified atom stereocenters. The van der Waals surface area contributed by atoms with E-state index in [2.05, 4.69) is 0 Å². The molecule has 0 radical (unpaired) electrons. The lowest BCUT2D eigenvalue weighted by Crippen LogP contribution is -2.29. The number of nitrogens with zero attached hydrogens (tertiary/aromatic N) is 1. The molecule has 35 heavy (non-hydrogen) atoms. The minimum absolute atomic E-state index is 0.0233. The Bertz CT molecular complexity index is 1280. The summed E-state index contributed by atoms with van der Waals surface area (Å²) in [5.74, 6) is -0.105. The van der Waals surface area contributed by atoms with E-state index in [4.69, 9.17) is 13.9 Å². The number of methoxy groups -OCH3 is 2. The van der Waals surface area contributed by atoms with Crippen molar-refractivity contribution in [1.29, 1.82) is 0 Å². The van der Waals surface area contributed by atoms with Crippen molar-refractivity contribution in [3.8, 4) is 11.5 Å². The maximum atomic E-state index is 13.3. The fourth-order valence-corrected chi connectivity index (χ4v) is 4.40. The van der Waals surface area contributed by atoms with Crippen LogP contribution >= 0.6 is 0 Å². The van der Waals surface area contributed by atoms with Crippen LogP contribution in [-0.4, -0.2) is 35.9 Å². The molecule has 1 N–H and O–H groups in total. The van der Waals surface area contributed by atoms with Crippen molar-refractivity contribution in [3.05, 3.63) is 88.9 Å². The highest BCUT2D eigenvalue weighted by atomic mass is 16.5. The molecule has 2 heterocycles. The van der Waals surface area contributed by atoms with E-state index < -0.39 is 17.7 Å². The van der Waals surface area contributed by atoms with Crippen molar-refractivity contribution >= 4 is 17.4 Å². The zero-order valence-electron chi connectivity index (χ0n) is 20.5. The minimum Gasteiger partial charge on any atom is -0.507 e. The van der Waals surface area contributed by atoms with Gasteiger partial charge in [-0.05, 0) is 41.8 Å². The third-order valence-electron chi connectivity index (χ3n) is 6.17. The van der Waals surface area contributed by atoms with Crippen molar-refractivity contribution in [1.82, 2.24) is 4.90 Å². The van der Waals surface area contributed by atoms with E-state index in [1.165, 1.54) is 11.2 Å². The van der Waals surface area contributed by atoms with Crippen LogP contribution in [0.25, 0.3) is 5.76 Å². The number of likely N-dealkylation sites (tertiary alicyclic amines) is 1. The summed E-state index contributed by atoms with van der Waals surface area (Å²) in [7, 11) is 3.14. The smallest absolute Gasteiger partial charge is 0.296 e. The van der Waals surface area contributed by atoms with E-state index in [9.17, 15) is 14.7 Å². The van der Waals surface area contributed by atoms with Crippen molar-refractivity contribution in [2.75, 3.05) is 14.2 Å². The number of rotatable bonds is 6. The molecule has 1 fully saturated rings. The van der Waals surface area contributed by atoms with Crippen LogP contribution in [0.2, 0.25) is 0 Å². The molecule has 1 aliphatic heterocycles. The SMILES string of the molecule is COc1ccccc1CN1C(=O)C(=O)/C(=C(\O)c2ccc(OC)c(C(C)(C)C)c2)C1c1ccco1. The lowest BCUT2D eigenvalue weighted by Gasteiger charge is -2.25. The number of hydrogen-bond donors (Lipinski definition) is 1. The lowest BCUT2D eigenvalue weighted by atomic mass is 9.84. The van der Waals surface area contributed by atoms with Gasteiger partial charge in [-0.2, -0.15) is 0 Å². The quantitative estimate of drug-likeness (QED) is 0.299. The summed E-state index contributed by atoms with van der Waals surface area (Å²) in [5.41, 5.74) is 1.71. The summed E-state index contributed by atoms with van der Waals surface area (Å²) in [6.07, 6.45) is 1.48. The second-order valence-corrected chi connectivity index (χ2v) is 9.42. The monoisotopic (exact) mass is 475 g/mol. The second kappa shape index (κ2) is 9.33. The van der Waals surface area contributed by atoms with Crippen molar-refractivity contribution < 1.29 is 28.6 Å². The molecule has 7 heteroatoms. The summed E-state index contributed by atoms with van der Waals surface area (Å²) in [6, 6.07) is 15.0. The molecular formula is C28H29NO6. The highest BCUT2D eigenvalue weighted by molar-refractivity contribution is 6.46. The fraction of sp³-hybridized carbons (Fsp3) is 0.286. The van der Waals surface area contributed by atoms with E-state index in [0.717, 1.165) is 11.1 Å². The fourth-order valence-electron chi connectivity index (χ4n) is 4.40. The number of amides is 1. The van der Waals surface area contributed by atoms with Crippen LogP contribution in [0.5, 0.6) is 11.5 Å². The average Bonchev–Trinajstić information content (AvgIpc) is 3.46. The van der Waals surface area contributed by atoms with Crippen molar-refractivity contribution in [2.24, 2.45) is 0 Å². The van der Waals surface area contributed by atoms with Gasteiger partial charge in [0.1, 0.15) is 29.1 Å². The van der Waals surface area contributed by atoms with Gasteiger partial charge in [-0.1, -0.05) is 39.0 Å². The summed E-state index contributed by atoms with van der Waals surface area (Å²) < 4.78 is 16.6. The van der Waals surface area contributed by atoms with Crippen LogP contribution in [-0.2, 0) is 21.5 Å². The van der Waals surface area contributed by atoms with E-state index >= 15 is 0 Å². The Hall–Kier alpha value is -4.00. The van der Waals surface area contributed by atoms with Gasteiger partial charge in [-0.3, -0.25) is 9.59 Å². The lowest BCUT2D eigenvalue weighted by molar-refractivity contribution is -0.140. The number of benzene rings is 2. The molecule has 7 nitrogen and oxygen atoms in total. The van der Waals surface area contributed by atoms with Crippen molar-refractivity contribution in [3.63, 3.8) is 0 Å². The molecule has 1 atom stereocenters. The summed E-state index contributed by atoms with van der Waals surface area (Å²) in [5, 5.41) is 11.4. The predicted molar refractivity (Wildman–Crippen MR) is 131 cm³/mol. The Morgan fingerprint density at radius 3 is 2.34 bits per heavy atom. The third-order valence-corrected chi connectivity index (χ3v) is 6.17. The van der Waals surface area contributed by atoms with Crippen LogP contribution in [0.4, 0.5) is 0 Å². The highest BCUT2D eigenvalue weighted by Gasteiger charge is 2.47. The van der Waals surface area contributed by atoms with E-state index in [1.54, 1.807) is 50.6 Å². The van der Waals surface area contributed by atoms with Gasteiger partial charge >= 0.3 is 0 Å². The first-order valence-electron chi connectivity index (χ1n) is 11.3. The predicted octanol–water partition coefficient (Wildman–Crippen LogP) is 5.22.